The van der Waals surface area contributed by atoms with Gasteiger partial charge in [-0.25, -0.2) is 4.79 Å². The Hall–Kier alpha value is -3.92. The number of aromatic nitrogens is 2. The summed E-state index contributed by atoms with van der Waals surface area (Å²) >= 11 is 0. The molecule has 0 radical (unpaired) electrons. The van der Waals surface area contributed by atoms with Gasteiger partial charge in [0.25, 0.3) is 5.56 Å². The number of esters is 1. The van der Waals surface area contributed by atoms with Crippen molar-refractivity contribution in [2.75, 3.05) is 7.11 Å². The van der Waals surface area contributed by atoms with Gasteiger partial charge in [0.2, 0.25) is 0 Å². The number of Topliss-reactive ketones (excluding diaryl/α,β-unsaturated/α-hetero) is 1. The Morgan fingerprint density at radius 3 is 2.50 bits per heavy atom. The number of hydrogen-bond donors (Lipinski definition) is 0. The Bertz CT molecular complexity index is 1260. The topological polar surface area (TPSA) is 94.1 Å². The highest BCUT2D eigenvalue weighted by Gasteiger charge is 2.19. The van der Waals surface area contributed by atoms with Gasteiger partial charge in [-0.1, -0.05) is 12.1 Å². The van der Waals surface area contributed by atoms with Gasteiger partial charge in [-0.05, 0) is 50.6 Å². The van der Waals surface area contributed by atoms with Gasteiger partial charge in [0, 0.05) is 28.8 Å². The molecule has 0 aliphatic carbocycles. The maximum Gasteiger partial charge on any atom is 0.339 e. The third-order valence-corrected chi connectivity index (χ3v) is 4.93. The van der Waals surface area contributed by atoms with Crippen molar-refractivity contribution in [1.82, 2.24) is 9.13 Å². The number of rotatable bonds is 5. The highest BCUT2D eigenvalue weighted by Crippen LogP contribution is 2.22. The largest absolute Gasteiger partial charge is 0.465 e. The minimum atomic E-state index is -0.690. The predicted octanol–water partition coefficient (Wildman–Crippen LogP) is 3.11. The zero-order chi connectivity index (χ0) is 22.0. The van der Waals surface area contributed by atoms with Crippen LogP contribution >= 0.6 is 0 Å². The summed E-state index contributed by atoms with van der Waals surface area (Å²) < 4.78 is 7.72. The Balaban J connectivity index is 2.02. The lowest BCUT2D eigenvalue weighted by molar-refractivity contribution is 0.0599. The number of methoxy groups -OCH3 is 1. The number of benzene rings is 1. The van der Waals surface area contributed by atoms with E-state index in [2.05, 4.69) is 4.74 Å². The van der Waals surface area contributed by atoms with E-state index in [-0.39, 0.29) is 23.5 Å². The molecule has 0 N–H and O–H groups in total. The summed E-state index contributed by atoms with van der Waals surface area (Å²) in [6, 6.07) is 12.6. The van der Waals surface area contributed by atoms with E-state index in [1.54, 1.807) is 12.1 Å². The first kappa shape index (κ1) is 20.8. The maximum atomic E-state index is 13.0. The molecular weight excluding hydrogens is 382 g/mol. The SMILES string of the molecule is COC(=O)c1cc(C#N)c(=O)n(CC(=O)c2cc(C)n(-c3cccc(C)c3)c2C)c1. The molecule has 0 atom stereocenters. The number of aryl methyl sites for hydroxylation is 2. The average Bonchev–Trinajstić information content (AvgIpc) is 3.02. The van der Waals surface area contributed by atoms with E-state index >= 15 is 0 Å². The van der Waals surface area contributed by atoms with Crippen molar-refractivity contribution in [3.8, 4) is 11.8 Å². The van der Waals surface area contributed by atoms with E-state index in [1.807, 2.05) is 49.6 Å². The zero-order valence-electron chi connectivity index (χ0n) is 17.2. The van der Waals surface area contributed by atoms with Crippen LogP contribution in [-0.2, 0) is 11.3 Å². The summed E-state index contributed by atoms with van der Waals surface area (Å²) in [6.07, 6.45) is 1.24. The van der Waals surface area contributed by atoms with Gasteiger partial charge in [-0.3, -0.25) is 9.59 Å². The Kier molecular flexibility index (Phi) is 5.70. The molecule has 0 aliphatic heterocycles. The van der Waals surface area contributed by atoms with E-state index < -0.39 is 11.5 Å². The molecule has 152 valence electrons. The second-order valence-corrected chi connectivity index (χ2v) is 7.06. The second kappa shape index (κ2) is 8.21. The highest BCUT2D eigenvalue weighted by molar-refractivity contribution is 5.97. The molecule has 7 nitrogen and oxygen atoms in total. The van der Waals surface area contributed by atoms with Crippen LogP contribution in [0.1, 0.15) is 43.2 Å². The van der Waals surface area contributed by atoms with Gasteiger partial charge in [-0.2, -0.15) is 5.26 Å². The summed E-state index contributed by atoms with van der Waals surface area (Å²) in [5, 5.41) is 9.20. The second-order valence-electron chi connectivity index (χ2n) is 7.06. The van der Waals surface area contributed by atoms with Crippen molar-refractivity contribution in [1.29, 1.82) is 5.26 Å². The summed E-state index contributed by atoms with van der Waals surface area (Å²) in [5.41, 5.74) is 3.33. The number of nitrogens with zero attached hydrogens (tertiary/aromatic N) is 3. The molecule has 0 saturated heterocycles. The minimum Gasteiger partial charge on any atom is -0.465 e. The first-order chi connectivity index (χ1) is 14.3. The average molecular weight is 403 g/mol. The summed E-state index contributed by atoms with van der Waals surface area (Å²) in [7, 11) is 1.20. The number of carbonyl (C=O) groups is 2. The van der Waals surface area contributed by atoms with Gasteiger partial charge in [-0.15, -0.1) is 0 Å². The van der Waals surface area contributed by atoms with Crippen molar-refractivity contribution in [2.24, 2.45) is 0 Å². The normalized spacial score (nSPS) is 10.5. The predicted molar refractivity (Wildman–Crippen MR) is 111 cm³/mol. The zero-order valence-corrected chi connectivity index (χ0v) is 17.2. The van der Waals surface area contributed by atoms with Gasteiger partial charge in [0.1, 0.15) is 11.6 Å². The molecular formula is C23H21N3O4. The van der Waals surface area contributed by atoms with E-state index in [1.165, 1.54) is 19.4 Å². The van der Waals surface area contributed by atoms with E-state index in [0.29, 0.717) is 5.56 Å². The molecule has 0 spiro atoms. The van der Waals surface area contributed by atoms with Gasteiger partial charge in [0.15, 0.2) is 5.78 Å². The fourth-order valence-electron chi connectivity index (χ4n) is 3.51. The van der Waals surface area contributed by atoms with Crippen molar-refractivity contribution >= 4 is 11.8 Å². The lowest BCUT2D eigenvalue weighted by Crippen LogP contribution is -2.27. The van der Waals surface area contributed by atoms with Crippen LogP contribution in [0.2, 0.25) is 0 Å². The number of hydrogen-bond acceptors (Lipinski definition) is 5. The summed E-state index contributed by atoms with van der Waals surface area (Å²) in [5.74, 6) is -0.986. The van der Waals surface area contributed by atoms with E-state index in [0.717, 1.165) is 27.2 Å². The fraction of sp³-hybridized carbons (Fsp3) is 0.217. The lowest BCUT2D eigenvalue weighted by Gasteiger charge is -2.11. The Morgan fingerprint density at radius 1 is 1.13 bits per heavy atom. The fourth-order valence-corrected chi connectivity index (χ4v) is 3.51. The molecule has 3 rings (SSSR count). The highest BCUT2D eigenvalue weighted by atomic mass is 16.5. The molecule has 2 aromatic heterocycles. The van der Waals surface area contributed by atoms with Crippen LogP contribution in [0.5, 0.6) is 0 Å². The van der Waals surface area contributed by atoms with Gasteiger partial charge >= 0.3 is 5.97 Å². The molecule has 2 heterocycles. The van der Waals surface area contributed by atoms with Crippen LogP contribution in [0.4, 0.5) is 0 Å². The van der Waals surface area contributed by atoms with Crippen LogP contribution in [0.15, 0.2) is 47.4 Å². The molecule has 0 fully saturated rings. The monoisotopic (exact) mass is 403 g/mol. The Morgan fingerprint density at radius 2 is 1.87 bits per heavy atom. The van der Waals surface area contributed by atoms with Crippen LogP contribution in [0, 0.1) is 32.1 Å². The number of pyridine rings is 1. The standard InChI is InChI=1S/C23H21N3O4/c1-14-6-5-7-19(8-14)26-15(2)9-20(16(26)3)21(27)13-25-12-18(23(29)30-4)10-17(11-24)22(25)28/h5-10,12H,13H2,1-4H3. The maximum absolute atomic E-state index is 13.0. The molecule has 0 aliphatic rings. The van der Waals surface area contributed by atoms with Crippen LogP contribution in [-0.4, -0.2) is 28.0 Å². The van der Waals surface area contributed by atoms with Gasteiger partial charge in [0.05, 0.1) is 19.2 Å². The van der Waals surface area contributed by atoms with Crippen LogP contribution < -0.4 is 5.56 Å². The first-order valence-electron chi connectivity index (χ1n) is 9.29. The van der Waals surface area contributed by atoms with Crippen molar-refractivity contribution in [3.63, 3.8) is 0 Å². The first-order valence-corrected chi connectivity index (χ1v) is 9.29. The summed E-state index contributed by atoms with van der Waals surface area (Å²) in [6.45, 7) is 5.45. The quantitative estimate of drug-likeness (QED) is 0.482. The van der Waals surface area contributed by atoms with Crippen molar-refractivity contribution < 1.29 is 14.3 Å². The molecule has 1 aromatic carbocycles. The van der Waals surface area contributed by atoms with E-state index in [9.17, 15) is 19.6 Å². The number of nitriles is 1. The number of carbonyl (C=O) groups excluding carboxylic acids is 2. The molecule has 7 heteroatoms. The van der Waals surface area contributed by atoms with Crippen molar-refractivity contribution in [3.05, 3.63) is 86.6 Å². The smallest absolute Gasteiger partial charge is 0.339 e. The number of ketones is 1. The van der Waals surface area contributed by atoms with Crippen LogP contribution in [0.25, 0.3) is 5.69 Å². The molecule has 0 bridgehead atoms. The molecule has 0 saturated carbocycles. The van der Waals surface area contributed by atoms with Gasteiger partial charge < -0.3 is 13.9 Å². The lowest BCUT2D eigenvalue weighted by atomic mass is 10.1. The number of ether oxygens (including phenoxy) is 1. The van der Waals surface area contributed by atoms with Crippen LogP contribution in [0.3, 0.4) is 0 Å². The minimum absolute atomic E-state index is 0.0340. The Labute approximate surface area is 173 Å². The summed E-state index contributed by atoms with van der Waals surface area (Å²) in [4.78, 5) is 37.4. The molecule has 0 unspecified atom stereocenters. The molecule has 0 amide bonds. The molecule has 30 heavy (non-hydrogen) atoms. The van der Waals surface area contributed by atoms with E-state index in [4.69, 9.17) is 0 Å². The van der Waals surface area contributed by atoms with Crippen molar-refractivity contribution in [2.45, 2.75) is 27.3 Å². The third kappa shape index (κ3) is 3.80. The molecule has 3 aromatic rings. The third-order valence-electron chi connectivity index (χ3n) is 4.93.